The number of aryl methyl sites for hydroxylation is 1. The third-order valence-corrected chi connectivity index (χ3v) is 5.70. The zero-order valence-corrected chi connectivity index (χ0v) is 17.6. The Balaban J connectivity index is 1.41. The molecular weight excluding hydrogens is 408 g/mol. The van der Waals surface area contributed by atoms with E-state index in [9.17, 15) is 19.7 Å². The molecule has 0 bridgehead atoms. The zero-order chi connectivity index (χ0) is 21.5. The Morgan fingerprint density at radius 1 is 1.13 bits per heavy atom. The van der Waals surface area contributed by atoms with Crippen LogP contribution in [0.15, 0.2) is 24.3 Å². The third-order valence-electron chi connectivity index (χ3n) is 4.80. The van der Waals surface area contributed by atoms with Gasteiger partial charge < -0.3 is 15.1 Å². The van der Waals surface area contributed by atoms with Crippen molar-refractivity contribution in [3.05, 3.63) is 39.4 Å². The van der Waals surface area contributed by atoms with E-state index in [0.29, 0.717) is 31.3 Å². The quantitative estimate of drug-likeness (QED) is 0.502. The van der Waals surface area contributed by atoms with Crippen molar-refractivity contribution >= 4 is 39.7 Å². The lowest BCUT2D eigenvalue weighted by Gasteiger charge is -2.36. The highest BCUT2D eigenvalue weighted by Crippen LogP contribution is 2.21. The number of benzene rings is 1. The first-order valence-corrected chi connectivity index (χ1v) is 10.7. The number of non-ortho nitro benzene ring substituents is 1. The van der Waals surface area contributed by atoms with Gasteiger partial charge >= 0.3 is 0 Å². The molecule has 2 heterocycles. The minimum Gasteiger partial charge on any atom is -0.368 e. The minimum absolute atomic E-state index is 0.0564. The molecule has 0 unspecified atom stereocenters. The van der Waals surface area contributed by atoms with Crippen LogP contribution in [0.3, 0.4) is 0 Å². The summed E-state index contributed by atoms with van der Waals surface area (Å²) < 4.78 is 0. The molecule has 160 valence electrons. The predicted molar refractivity (Wildman–Crippen MR) is 114 cm³/mol. The molecule has 10 nitrogen and oxygen atoms in total. The van der Waals surface area contributed by atoms with Gasteiger partial charge in [-0.1, -0.05) is 18.3 Å². The lowest BCUT2D eigenvalue weighted by molar-refractivity contribution is -0.384. The van der Waals surface area contributed by atoms with Crippen LogP contribution in [0, 0.1) is 10.1 Å². The van der Waals surface area contributed by atoms with E-state index in [1.807, 2.05) is 0 Å². The monoisotopic (exact) mass is 432 g/mol. The van der Waals surface area contributed by atoms with Crippen molar-refractivity contribution < 1.29 is 14.5 Å². The summed E-state index contributed by atoms with van der Waals surface area (Å²) in [5, 5.41) is 22.8. The van der Waals surface area contributed by atoms with Gasteiger partial charge in [0.25, 0.3) is 5.69 Å². The second kappa shape index (κ2) is 10.1. The van der Waals surface area contributed by atoms with Crippen LogP contribution in [0.4, 0.5) is 16.5 Å². The first kappa shape index (κ1) is 21.6. The first-order chi connectivity index (χ1) is 14.5. The zero-order valence-electron chi connectivity index (χ0n) is 16.7. The van der Waals surface area contributed by atoms with Gasteiger partial charge in [0.2, 0.25) is 16.9 Å². The second-order valence-electron chi connectivity index (χ2n) is 6.94. The fraction of sp³-hybridized carbons (Fsp3) is 0.474. The number of hydrogen-bond acceptors (Lipinski definition) is 8. The largest absolute Gasteiger partial charge is 0.368 e. The summed E-state index contributed by atoms with van der Waals surface area (Å²) in [5.41, 5.74) is 0.951. The van der Waals surface area contributed by atoms with Crippen molar-refractivity contribution in [3.8, 4) is 0 Å². The van der Waals surface area contributed by atoms with E-state index in [1.54, 1.807) is 17.0 Å². The number of hydrogen-bond donors (Lipinski definition) is 1. The maximum Gasteiger partial charge on any atom is 0.269 e. The van der Waals surface area contributed by atoms with Crippen LogP contribution in [0.2, 0.25) is 0 Å². The number of carbonyl (C=O) groups is 2. The molecule has 1 aliphatic rings. The van der Waals surface area contributed by atoms with Gasteiger partial charge in [0.1, 0.15) is 5.01 Å². The molecule has 0 aliphatic carbocycles. The number of piperazine rings is 1. The Bertz CT molecular complexity index is 893. The molecule has 0 radical (unpaired) electrons. The number of carbonyl (C=O) groups excluding carboxylic acids is 2. The highest BCUT2D eigenvalue weighted by Gasteiger charge is 2.22. The van der Waals surface area contributed by atoms with Gasteiger partial charge in [-0.2, -0.15) is 0 Å². The molecule has 1 aromatic heterocycles. The van der Waals surface area contributed by atoms with Gasteiger partial charge in [-0.3, -0.25) is 19.7 Å². The van der Waals surface area contributed by atoms with E-state index in [1.165, 1.54) is 23.5 Å². The number of nitro benzene ring substituents is 1. The molecule has 0 spiro atoms. The van der Waals surface area contributed by atoms with Crippen molar-refractivity contribution in [1.82, 2.24) is 15.1 Å². The van der Waals surface area contributed by atoms with Crippen molar-refractivity contribution in [1.29, 1.82) is 0 Å². The van der Waals surface area contributed by atoms with Crippen LogP contribution < -0.4 is 10.2 Å². The van der Waals surface area contributed by atoms with E-state index in [4.69, 9.17) is 0 Å². The standard InChI is InChI=1S/C19H24N6O4S/c1-2-3-17-21-22-19(30-17)20-16(26)8-9-18(27)24-12-10-23(11-13-24)14-4-6-15(7-5-14)25(28)29/h4-7H,2-3,8-13H2,1H3,(H,20,22,26). The highest BCUT2D eigenvalue weighted by atomic mass is 32.1. The molecule has 1 aliphatic heterocycles. The van der Waals surface area contributed by atoms with Gasteiger partial charge in [-0.05, 0) is 18.6 Å². The fourth-order valence-corrected chi connectivity index (χ4v) is 4.04. The maximum atomic E-state index is 12.4. The summed E-state index contributed by atoms with van der Waals surface area (Å²) in [5.74, 6) is -0.301. The van der Waals surface area contributed by atoms with E-state index in [0.717, 1.165) is 23.5 Å². The normalized spacial score (nSPS) is 13.9. The topological polar surface area (TPSA) is 122 Å². The molecule has 0 atom stereocenters. The predicted octanol–water partition coefficient (Wildman–Crippen LogP) is 2.47. The number of amides is 2. The van der Waals surface area contributed by atoms with Gasteiger partial charge in [0.15, 0.2) is 0 Å². The Hall–Kier alpha value is -3.08. The lowest BCUT2D eigenvalue weighted by Crippen LogP contribution is -2.48. The molecule has 11 heteroatoms. The summed E-state index contributed by atoms with van der Waals surface area (Å²) in [7, 11) is 0. The molecule has 30 heavy (non-hydrogen) atoms. The second-order valence-corrected chi connectivity index (χ2v) is 8.00. The van der Waals surface area contributed by atoms with Crippen LogP contribution in [-0.2, 0) is 16.0 Å². The van der Waals surface area contributed by atoms with Crippen molar-refractivity contribution in [2.75, 3.05) is 36.4 Å². The minimum atomic E-state index is -0.425. The number of nitrogens with zero attached hydrogens (tertiary/aromatic N) is 5. The summed E-state index contributed by atoms with van der Waals surface area (Å²) >= 11 is 1.36. The molecule has 1 fully saturated rings. The maximum absolute atomic E-state index is 12.4. The van der Waals surface area contributed by atoms with Crippen molar-refractivity contribution in [3.63, 3.8) is 0 Å². The third kappa shape index (κ3) is 5.72. The lowest BCUT2D eigenvalue weighted by atomic mass is 10.2. The van der Waals surface area contributed by atoms with E-state index >= 15 is 0 Å². The molecule has 3 rings (SSSR count). The Labute approximate surface area is 178 Å². The van der Waals surface area contributed by atoms with Gasteiger partial charge in [0, 0.05) is 63.3 Å². The number of rotatable bonds is 8. The van der Waals surface area contributed by atoms with Crippen LogP contribution in [0.1, 0.15) is 31.2 Å². The van der Waals surface area contributed by atoms with Crippen LogP contribution in [0.25, 0.3) is 0 Å². The molecule has 1 aromatic carbocycles. The number of aromatic nitrogens is 2. The summed E-state index contributed by atoms with van der Waals surface area (Å²) in [4.78, 5) is 38.7. The van der Waals surface area contributed by atoms with Gasteiger partial charge in [0.05, 0.1) is 4.92 Å². The fourth-order valence-electron chi connectivity index (χ4n) is 3.18. The van der Waals surface area contributed by atoms with Crippen molar-refractivity contribution in [2.45, 2.75) is 32.6 Å². The smallest absolute Gasteiger partial charge is 0.269 e. The molecule has 2 amide bonds. The molecule has 2 aromatic rings. The van der Waals surface area contributed by atoms with Crippen LogP contribution >= 0.6 is 11.3 Å². The molecule has 1 N–H and O–H groups in total. The van der Waals surface area contributed by atoms with Crippen molar-refractivity contribution in [2.24, 2.45) is 0 Å². The molecule has 1 saturated heterocycles. The SMILES string of the molecule is CCCc1nnc(NC(=O)CCC(=O)N2CCN(c3ccc([N+](=O)[O-])cc3)CC2)s1. The summed E-state index contributed by atoms with van der Waals surface area (Å²) in [6.07, 6.45) is 2.04. The van der Waals surface area contributed by atoms with Crippen LogP contribution in [0.5, 0.6) is 0 Å². The first-order valence-electron chi connectivity index (χ1n) is 9.85. The Morgan fingerprint density at radius 3 is 2.47 bits per heavy atom. The van der Waals surface area contributed by atoms with Gasteiger partial charge in [-0.25, -0.2) is 0 Å². The number of nitro groups is 1. The number of anilines is 2. The van der Waals surface area contributed by atoms with Crippen LogP contribution in [-0.4, -0.2) is 58.0 Å². The van der Waals surface area contributed by atoms with E-state index < -0.39 is 4.92 Å². The van der Waals surface area contributed by atoms with E-state index in [-0.39, 0.29) is 30.3 Å². The average Bonchev–Trinajstić information content (AvgIpc) is 3.19. The molecule has 0 saturated carbocycles. The van der Waals surface area contributed by atoms with Gasteiger partial charge in [-0.15, -0.1) is 10.2 Å². The summed E-state index contributed by atoms with van der Waals surface area (Å²) in [6, 6.07) is 6.40. The Kier molecular flexibility index (Phi) is 7.28. The molecular formula is C19H24N6O4S. The summed E-state index contributed by atoms with van der Waals surface area (Å²) in [6.45, 7) is 4.43. The average molecular weight is 433 g/mol. The Morgan fingerprint density at radius 2 is 1.83 bits per heavy atom. The van der Waals surface area contributed by atoms with E-state index in [2.05, 4.69) is 27.3 Å². The number of nitrogens with one attached hydrogen (secondary N) is 1. The highest BCUT2D eigenvalue weighted by molar-refractivity contribution is 7.15.